The van der Waals surface area contributed by atoms with Crippen LogP contribution in [0.2, 0.25) is 0 Å². The molecule has 3 heteroatoms. The largest absolute Gasteiger partial charge is 0.394 e. The number of hydrogen-bond donors (Lipinski definition) is 1. The van der Waals surface area contributed by atoms with Crippen molar-refractivity contribution in [3.63, 3.8) is 0 Å². The van der Waals surface area contributed by atoms with E-state index >= 15 is 0 Å². The molecule has 2 N–H and O–H groups in total. The van der Waals surface area contributed by atoms with Gasteiger partial charge >= 0.3 is 0 Å². The second-order valence-electron chi connectivity index (χ2n) is 4.02. The zero-order valence-corrected chi connectivity index (χ0v) is 9.71. The van der Waals surface area contributed by atoms with E-state index in [-0.39, 0.29) is 0 Å². The summed E-state index contributed by atoms with van der Waals surface area (Å²) in [6.07, 6.45) is 1.52. The fourth-order valence-electron chi connectivity index (χ4n) is 2.00. The first-order valence-corrected chi connectivity index (χ1v) is 5.71. The van der Waals surface area contributed by atoms with Crippen molar-refractivity contribution >= 4 is 5.69 Å². The highest BCUT2D eigenvalue weighted by Gasteiger charge is 2.12. The fraction of sp³-hybridized carbons (Fsp3) is 0. The Morgan fingerprint density at radius 3 is 2.17 bits per heavy atom. The molecule has 0 radical (unpaired) electrons. The smallest absolute Gasteiger partial charge is 0.190 e. The van der Waals surface area contributed by atoms with E-state index in [1.54, 1.807) is 0 Å². The van der Waals surface area contributed by atoms with Crippen LogP contribution in [0.1, 0.15) is 0 Å². The van der Waals surface area contributed by atoms with Gasteiger partial charge in [0.2, 0.25) is 0 Å². The monoisotopic (exact) mass is 236 g/mol. The van der Waals surface area contributed by atoms with Gasteiger partial charge in [0.15, 0.2) is 5.76 Å². The molecule has 3 rings (SSSR count). The van der Waals surface area contributed by atoms with Crippen molar-refractivity contribution in [3.05, 3.63) is 60.8 Å². The Morgan fingerprint density at radius 1 is 0.833 bits per heavy atom. The van der Waals surface area contributed by atoms with Gasteiger partial charge < -0.3 is 10.3 Å². The molecule has 0 bridgehead atoms. The highest BCUT2D eigenvalue weighted by molar-refractivity contribution is 5.85. The maximum atomic E-state index is 5.86. The maximum absolute atomic E-state index is 5.86. The molecule has 0 saturated carbocycles. The van der Waals surface area contributed by atoms with Crippen molar-refractivity contribution < 1.29 is 4.52 Å². The molecule has 0 saturated heterocycles. The van der Waals surface area contributed by atoms with Crippen LogP contribution in [-0.2, 0) is 0 Å². The molecule has 3 nitrogen and oxygen atoms in total. The van der Waals surface area contributed by atoms with Gasteiger partial charge in [-0.25, -0.2) is 0 Å². The second-order valence-corrected chi connectivity index (χ2v) is 4.02. The molecule has 0 aliphatic rings. The predicted molar refractivity (Wildman–Crippen MR) is 71.8 cm³/mol. The van der Waals surface area contributed by atoms with Gasteiger partial charge in [0, 0.05) is 5.56 Å². The number of nitrogen functional groups attached to an aromatic ring is 1. The van der Waals surface area contributed by atoms with Gasteiger partial charge in [0.05, 0.1) is 6.20 Å². The Morgan fingerprint density at radius 2 is 1.50 bits per heavy atom. The van der Waals surface area contributed by atoms with Crippen molar-refractivity contribution in [3.8, 4) is 22.5 Å². The van der Waals surface area contributed by atoms with Crippen LogP contribution in [0.25, 0.3) is 22.5 Å². The summed E-state index contributed by atoms with van der Waals surface area (Å²) < 4.78 is 5.24. The zero-order chi connectivity index (χ0) is 12.4. The molecular formula is C15H12N2O. The molecule has 88 valence electrons. The first-order valence-electron chi connectivity index (χ1n) is 5.71. The summed E-state index contributed by atoms with van der Waals surface area (Å²) in [4.78, 5) is 0. The van der Waals surface area contributed by atoms with Gasteiger partial charge in [-0.05, 0) is 11.1 Å². The van der Waals surface area contributed by atoms with E-state index in [4.69, 9.17) is 10.3 Å². The Kier molecular flexibility index (Phi) is 2.57. The van der Waals surface area contributed by atoms with Crippen LogP contribution in [-0.4, -0.2) is 5.16 Å². The van der Waals surface area contributed by atoms with Crippen molar-refractivity contribution in [2.45, 2.75) is 0 Å². The van der Waals surface area contributed by atoms with Crippen LogP contribution < -0.4 is 5.73 Å². The van der Waals surface area contributed by atoms with E-state index in [0.29, 0.717) is 11.4 Å². The van der Waals surface area contributed by atoms with Gasteiger partial charge in [0.1, 0.15) is 5.69 Å². The van der Waals surface area contributed by atoms with E-state index < -0.39 is 0 Å². The lowest BCUT2D eigenvalue weighted by atomic mass is 9.98. The molecule has 0 unspecified atom stereocenters. The Labute approximate surface area is 105 Å². The Balaban J connectivity index is 2.21. The predicted octanol–water partition coefficient (Wildman–Crippen LogP) is 3.59. The van der Waals surface area contributed by atoms with E-state index in [0.717, 1.165) is 16.7 Å². The zero-order valence-electron chi connectivity index (χ0n) is 9.71. The van der Waals surface area contributed by atoms with Crippen LogP contribution in [0.5, 0.6) is 0 Å². The van der Waals surface area contributed by atoms with E-state index in [9.17, 15) is 0 Å². The third-order valence-electron chi connectivity index (χ3n) is 2.85. The average molecular weight is 236 g/mol. The second kappa shape index (κ2) is 4.37. The fourth-order valence-corrected chi connectivity index (χ4v) is 2.00. The SMILES string of the molecule is Nc1cnoc1-c1ccccc1-c1ccccc1. The van der Waals surface area contributed by atoms with Crippen molar-refractivity contribution in [1.82, 2.24) is 5.16 Å². The number of nitrogens with two attached hydrogens (primary N) is 1. The van der Waals surface area contributed by atoms with Crippen LogP contribution >= 0.6 is 0 Å². The van der Waals surface area contributed by atoms with Crippen LogP contribution in [0.3, 0.4) is 0 Å². The van der Waals surface area contributed by atoms with Crippen LogP contribution in [0, 0.1) is 0 Å². The summed E-state index contributed by atoms with van der Waals surface area (Å²) in [6.45, 7) is 0. The molecule has 0 spiro atoms. The number of aromatic nitrogens is 1. The van der Waals surface area contributed by atoms with Crippen LogP contribution in [0.15, 0.2) is 65.3 Å². The summed E-state index contributed by atoms with van der Waals surface area (Å²) in [5.74, 6) is 0.620. The third kappa shape index (κ3) is 1.76. The molecule has 18 heavy (non-hydrogen) atoms. The van der Waals surface area contributed by atoms with Crippen molar-refractivity contribution in [1.29, 1.82) is 0 Å². The first-order chi connectivity index (χ1) is 8.86. The van der Waals surface area contributed by atoms with Gasteiger partial charge in [-0.15, -0.1) is 0 Å². The summed E-state index contributed by atoms with van der Waals surface area (Å²) in [5.41, 5.74) is 9.59. The number of benzene rings is 2. The van der Waals surface area contributed by atoms with E-state index in [1.165, 1.54) is 6.20 Å². The minimum atomic E-state index is 0.554. The Hall–Kier alpha value is -2.55. The molecule has 0 fully saturated rings. The molecular weight excluding hydrogens is 224 g/mol. The normalized spacial score (nSPS) is 10.4. The molecule has 2 aromatic carbocycles. The highest BCUT2D eigenvalue weighted by atomic mass is 16.5. The molecule has 1 aromatic heterocycles. The lowest BCUT2D eigenvalue weighted by molar-refractivity contribution is 0.432. The first kappa shape index (κ1) is 10.6. The third-order valence-corrected chi connectivity index (χ3v) is 2.85. The number of hydrogen-bond acceptors (Lipinski definition) is 3. The standard InChI is InChI=1S/C15H12N2O/c16-14-10-17-18-15(14)13-9-5-4-8-12(13)11-6-2-1-3-7-11/h1-10H,16H2. The van der Waals surface area contributed by atoms with E-state index in [1.807, 2.05) is 42.5 Å². The van der Waals surface area contributed by atoms with Crippen molar-refractivity contribution in [2.75, 3.05) is 5.73 Å². The Bertz CT molecular complexity index is 659. The molecule has 0 aliphatic carbocycles. The minimum absolute atomic E-state index is 0.554. The molecule has 0 amide bonds. The molecule has 0 atom stereocenters. The van der Waals surface area contributed by atoms with Crippen molar-refractivity contribution in [2.24, 2.45) is 0 Å². The summed E-state index contributed by atoms with van der Waals surface area (Å²) in [6, 6.07) is 18.1. The maximum Gasteiger partial charge on any atom is 0.190 e. The molecule has 1 heterocycles. The summed E-state index contributed by atoms with van der Waals surface area (Å²) >= 11 is 0. The van der Waals surface area contributed by atoms with Crippen LogP contribution in [0.4, 0.5) is 5.69 Å². The number of rotatable bonds is 2. The molecule has 3 aromatic rings. The van der Waals surface area contributed by atoms with Gasteiger partial charge in [0.25, 0.3) is 0 Å². The summed E-state index contributed by atoms with van der Waals surface area (Å²) in [5, 5.41) is 3.73. The minimum Gasteiger partial charge on any atom is -0.394 e. The lowest BCUT2D eigenvalue weighted by Crippen LogP contribution is -1.88. The highest BCUT2D eigenvalue weighted by Crippen LogP contribution is 2.34. The number of nitrogens with zero attached hydrogens (tertiary/aromatic N) is 1. The quantitative estimate of drug-likeness (QED) is 0.739. The number of anilines is 1. The molecule has 0 aliphatic heterocycles. The average Bonchev–Trinajstić information content (AvgIpc) is 2.86. The van der Waals surface area contributed by atoms with Gasteiger partial charge in [-0.3, -0.25) is 0 Å². The van der Waals surface area contributed by atoms with E-state index in [2.05, 4.69) is 17.3 Å². The van der Waals surface area contributed by atoms with Gasteiger partial charge in [-0.1, -0.05) is 59.8 Å². The lowest BCUT2D eigenvalue weighted by Gasteiger charge is -2.07. The summed E-state index contributed by atoms with van der Waals surface area (Å²) in [7, 11) is 0. The topological polar surface area (TPSA) is 52.0 Å². The van der Waals surface area contributed by atoms with Gasteiger partial charge in [-0.2, -0.15) is 0 Å².